The summed E-state index contributed by atoms with van der Waals surface area (Å²) in [5, 5.41) is 8.55. The third-order valence-electron chi connectivity index (χ3n) is 2.07. The number of aliphatic hydroxyl groups excluding tert-OH is 1. The van der Waals surface area contributed by atoms with Crippen molar-refractivity contribution in [1.29, 1.82) is 0 Å². The highest BCUT2D eigenvalue weighted by Crippen LogP contribution is 2.14. The van der Waals surface area contributed by atoms with Crippen LogP contribution in [0.25, 0.3) is 0 Å². The number of benzene rings is 1. The number of rotatable bonds is 5. The molecule has 0 aromatic heterocycles. The van der Waals surface area contributed by atoms with Gasteiger partial charge in [-0.25, -0.2) is 17.5 Å². The van der Waals surface area contributed by atoms with E-state index in [4.69, 9.17) is 5.11 Å². The minimum atomic E-state index is -3.51. The van der Waals surface area contributed by atoms with E-state index in [-0.39, 0.29) is 5.75 Å². The fourth-order valence-corrected chi connectivity index (χ4v) is 2.33. The zero-order chi connectivity index (χ0) is 12.2. The lowest BCUT2D eigenvalue weighted by Gasteiger charge is -2.14. The molecule has 90 valence electrons. The number of halogens is 1. The van der Waals surface area contributed by atoms with Crippen LogP contribution in [-0.2, 0) is 10.0 Å². The fraction of sp³-hybridized carbons (Fsp3) is 0.400. The molecule has 1 atom stereocenters. The van der Waals surface area contributed by atoms with E-state index in [0.29, 0.717) is 5.56 Å². The summed E-state index contributed by atoms with van der Waals surface area (Å²) in [5.41, 5.74) is 0.543. The van der Waals surface area contributed by atoms with Crippen molar-refractivity contribution in [2.24, 2.45) is 0 Å². The summed E-state index contributed by atoms with van der Waals surface area (Å²) in [6, 6.07) is 5.19. The molecule has 0 saturated carbocycles. The molecular weight excluding hydrogens is 233 g/mol. The Morgan fingerprint density at radius 1 is 1.50 bits per heavy atom. The van der Waals surface area contributed by atoms with Crippen molar-refractivity contribution >= 4 is 10.0 Å². The molecule has 1 rings (SSSR count). The highest BCUT2D eigenvalue weighted by molar-refractivity contribution is 7.89. The van der Waals surface area contributed by atoms with Crippen LogP contribution in [0.2, 0.25) is 0 Å². The van der Waals surface area contributed by atoms with Gasteiger partial charge in [-0.15, -0.1) is 0 Å². The van der Waals surface area contributed by atoms with Gasteiger partial charge in [-0.05, 0) is 24.6 Å². The zero-order valence-corrected chi connectivity index (χ0v) is 9.67. The molecule has 0 amide bonds. The first-order valence-electron chi connectivity index (χ1n) is 4.81. The molecule has 1 unspecified atom stereocenters. The molecule has 0 fully saturated rings. The summed E-state index contributed by atoms with van der Waals surface area (Å²) < 4.78 is 37.9. The Morgan fingerprint density at radius 3 is 2.75 bits per heavy atom. The first-order valence-corrected chi connectivity index (χ1v) is 6.46. The molecule has 0 radical (unpaired) electrons. The molecule has 1 aromatic carbocycles. The Morgan fingerprint density at radius 2 is 2.19 bits per heavy atom. The second-order valence-electron chi connectivity index (χ2n) is 3.44. The molecule has 4 nitrogen and oxygen atoms in total. The third-order valence-corrected chi connectivity index (χ3v) is 3.50. The van der Waals surface area contributed by atoms with Crippen molar-refractivity contribution in [3.05, 3.63) is 35.6 Å². The molecule has 16 heavy (non-hydrogen) atoms. The topological polar surface area (TPSA) is 66.4 Å². The van der Waals surface area contributed by atoms with Gasteiger partial charge in [-0.2, -0.15) is 0 Å². The van der Waals surface area contributed by atoms with Crippen LogP contribution in [0.5, 0.6) is 0 Å². The van der Waals surface area contributed by atoms with Crippen molar-refractivity contribution in [1.82, 2.24) is 4.72 Å². The molecule has 0 aliphatic carbocycles. The summed E-state index contributed by atoms with van der Waals surface area (Å²) in [6.45, 7) is 1.18. The standard InChI is InChI=1S/C10H14FNO3S/c1-8(12-16(14,15)6-5-13)9-3-2-4-10(11)7-9/h2-4,7-8,12-13H,5-6H2,1H3. The Balaban J connectivity index is 2.76. The van der Waals surface area contributed by atoms with Crippen molar-refractivity contribution < 1.29 is 17.9 Å². The largest absolute Gasteiger partial charge is 0.395 e. The molecule has 0 saturated heterocycles. The smallest absolute Gasteiger partial charge is 0.214 e. The number of nitrogens with one attached hydrogen (secondary N) is 1. The highest BCUT2D eigenvalue weighted by atomic mass is 32.2. The van der Waals surface area contributed by atoms with E-state index in [1.165, 1.54) is 18.2 Å². The monoisotopic (exact) mass is 247 g/mol. The molecule has 0 aliphatic heterocycles. The third kappa shape index (κ3) is 3.88. The minimum Gasteiger partial charge on any atom is -0.395 e. The fourth-order valence-electron chi connectivity index (χ4n) is 1.29. The Labute approximate surface area is 94.2 Å². The predicted molar refractivity (Wildman–Crippen MR) is 58.8 cm³/mol. The van der Waals surface area contributed by atoms with Crippen molar-refractivity contribution in [3.8, 4) is 0 Å². The average Bonchev–Trinajstić information content (AvgIpc) is 2.16. The van der Waals surface area contributed by atoms with E-state index in [9.17, 15) is 12.8 Å². The van der Waals surface area contributed by atoms with Crippen molar-refractivity contribution in [2.45, 2.75) is 13.0 Å². The van der Waals surface area contributed by atoms with Gasteiger partial charge in [0.2, 0.25) is 10.0 Å². The van der Waals surface area contributed by atoms with Crippen molar-refractivity contribution in [3.63, 3.8) is 0 Å². The van der Waals surface area contributed by atoms with Gasteiger partial charge in [0.05, 0.1) is 12.4 Å². The normalized spacial score (nSPS) is 13.7. The zero-order valence-electron chi connectivity index (χ0n) is 8.85. The molecule has 0 heterocycles. The van der Waals surface area contributed by atoms with E-state index >= 15 is 0 Å². The molecule has 0 bridgehead atoms. The summed E-state index contributed by atoms with van der Waals surface area (Å²) in [6.07, 6.45) is 0. The number of hydrogen-bond acceptors (Lipinski definition) is 3. The average molecular weight is 247 g/mol. The predicted octanol–water partition coefficient (Wildman–Crippen LogP) is 0.798. The second kappa shape index (κ2) is 5.38. The number of aliphatic hydroxyl groups is 1. The van der Waals surface area contributed by atoms with E-state index < -0.39 is 28.5 Å². The van der Waals surface area contributed by atoms with Crippen LogP contribution >= 0.6 is 0 Å². The van der Waals surface area contributed by atoms with Gasteiger partial charge < -0.3 is 5.11 Å². The van der Waals surface area contributed by atoms with Crippen LogP contribution < -0.4 is 4.72 Å². The Bertz CT molecular complexity index is 447. The second-order valence-corrected chi connectivity index (χ2v) is 5.31. The van der Waals surface area contributed by atoms with Gasteiger partial charge in [-0.1, -0.05) is 12.1 Å². The maximum atomic E-state index is 12.9. The molecule has 2 N–H and O–H groups in total. The summed E-state index contributed by atoms with van der Waals surface area (Å²) >= 11 is 0. The van der Waals surface area contributed by atoms with Gasteiger partial charge in [0.25, 0.3) is 0 Å². The van der Waals surface area contributed by atoms with Crippen LogP contribution in [0.15, 0.2) is 24.3 Å². The first-order chi connectivity index (χ1) is 7.44. The van der Waals surface area contributed by atoms with E-state index in [1.54, 1.807) is 13.0 Å². The molecule has 1 aromatic rings. The quantitative estimate of drug-likeness (QED) is 0.808. The molecular formula is C10H14FNO3S. The molecule has 0 aliphatic rings. The van der Waals surface area contributed by atoms with Gasteiger partial charge in [0, 0.05) is 6.04 Å². The van der Waals surface area contributed by atoms with Crippen LogP contribution in [0, 0.1) is 5.82 Å². The summed E-state index contributed by atoms with van der Waals surface area (Å²) in [5.74, 6) is -0.766. The van der Waals surface area contributed by atoms with Gasteiger partial charge in [-0.3, -0.25) is 0 Å². The molecule has 0 spiro atoms. The maximum absolute atomic E-state index is 12.9. The van der Waals surface area contributed by atoms with Crippen LogP contribution in [0.1, 0.15) is 18.5 Å². The summed E-state index contributed by atoms with van der Waals surface area (Å²) in [4.78, 5) is 0. The SMILES string of the molecule is CC(NS(=O)(=O)CCO)c1cccc(F)c1. The van der Waals surface area contributed by atoms with E-state index in [2.05, 4.69) is 4.72 Å². The minimum absolute atomic E-state index is 0.355. The van der Waals surface area contributed by atoms with Crippen molar-refractivity contribution in [2.75, 3.05) is 12.4 Å². The molecule has 6 heteroatoms. The van der Waals surface area contributed by atoms with E-state index in [0.717, 1.165) is 0 Å². The van der Waals surface area contributed by atoms with Crippen LogP contribution in [0.3, 0.4) is 0 Å². The number of sulfonamides is 1. The first kappa shape index (κ1) is 13.1. The van der Waals surface area contributed by atoms with E-state index in [1.807, 2.05) is 0 Å². The Hall–Kier alpha value is -0.980. The lowest BCUT2D eigenvalue weighted by molar-refractivity contribution is 0.319. The van der Waals surface area contributed by atoms with Gasteiger partial charge in [0.1, 0.15) is 5.82 Å². The van der Waals surface area contributed by atoms with Crippen LogP contribution in [-0.4, -0.2) is 25.9 Å². The number of hydrogen-bond donors (Lipinski definition) is 2. The summed E-state index contributed by atoms with van der Waals surface area (Å²) in [7, 11) is -3.51. The highest BCUT2D eigenvalue weighted by Gasteiger charge is 2.15. The lowest BCUT2D eigenvalue weighted by Crippen LogP contribution is -2.30. The lowest BCUT2D eigenvalue weighted by atomic mass is 10.1. The maximum Gasteiger partial charge on any atom is 0.214 e. The van der Waals surface area contributed by atoms with Gasteiger partial charge in [0.15, 0.2) is 0 Å². The Kier molecular flexibility index (Phi) is 4.40. The van der Waals surface area contributed by atoms with Gasteiger partial charge >= 0.3 is 0 Å². The van der Waals surface area contributed by atoms with Crippen LogP contribution in [0.4, 0.5) is 4.39 Å².